The molecule has 0 saturated carbocycles. The Labute approximate surface area is 163 Å². The minimum Gasteiger partial charge on any atom is -0.357 e. The van der Waals surface area contributed by atoms with E-state index in [2.05, 4.69) is 20.3 Å². The molecule has 0 spiro atoms. The van der Waals surface area contributed by atoms with Gasteiger partial charge in [0.2, 0.25) is 10.0 Å². The van der Waals surface area contributed by atoms with Gasteiger partial charge >= 0.3 is 0 Å². The highest BCUT2D eigenvalue weighted by atomic mass is 127. The van der Waals surface area contributed by atoms with Gasteiger partial charge in [0.1, 0.15) is 9.84 Å². The highest BCUT2D eigenvalue weighted by Gasteiger charge is 2.09. The van der Waals surface area contributed by atoms with Gasteiger partial charge < -0.3 is 10.6 Å². The lowest BCUT2D eigenvalue weighted by atomic mass is 10.3. The van der Waals surface area contributed by atoms with Crippen LogP contribution in [-0.4, -0.2) is 66.2 Å². The number of rotatable bonds is 11. The van der Waals surface area contributed by atoms with Crippen molar-refractivity contribution in [1.82, 2.24) is 15.4 Å². The van der Waals surface area contributed by atoms with E-state index in [1.807, 2.05) is 13.8 Å². The third kappa shape index (κ3) is 15.4. The van der Waals surface area contributed by atoms with Gasteiger partial charge in [-0.25, -0.2) is 21.6 Å². The largest absolute Gasteiger partial charge is 0.357 e. The maximum atomic E-state index is 11.3. The van der Waals surface area contributed by atoms with Gasteiger partial charge in [-0.2, -0.15) is 0 Å². The van der Waals surface area contributed by atoms with Crippen molar-refractivity contribution in [2.75, 3.05) is 37.4 Å². The van der Waals surface area contributed by atoms with Gasteiger partial charge in [0, 0.05) is 31.9 Å². The fourth-order valence-corrected chi connectivity index (χ4v) is 3.06. The van der Waals surface area contributed by atoms with E-state index in [0.29, 0.717) is 38.4 Å². The second kappa shape index (κ2) is 13.1. The summed E-state index contributed by atoms with van der Waals surface area (Å²) < 4.78 is 47.4. The number of nitrogens with zero attached hydrogens (tertiary/aromatic N) is 1. The van der Waals surface area contributed by atoms with E-state index in [9.17, 15) is 16.8 Å². The molecule has 0 aliphatic carbocycles. The van der Waals surface area contributed by atoms with Crippen LogP contribution < -0.4 is 15.4 Å². The zero-order valence-electron chi connectivity index (χ0n) is 14.8. The molecule has 0 aromatic rings. The van der Waals surface area contributed by atoms with Gasteiger partial charge in [-0.3, -0.25) is 4.99 Å². The van der Waals surface area contributed by atoms with Crippen molar-refractivity contribution in [3.05, 3.63) is 0 Å². The predicted octanol–water partition coefficient (Wildman–Crippen LogP) is 0.312. The third-order valence-electron chi connectivity index (χ3n) is 2.96. The van der Waals surface area contributed by atoms with E-state index >= 15 is 0 Å². The molecule has 0 aromatic heterocycles. The van der Waals surface area contributed by atoms with Gasteiger partial charge in [-0.1, -0.05) is 0 Å². The normalized spacial score (nSPS) is 13.9. The first-order valence-corrected chi connectivity index (χ1v) is 11.5. The summed E-state index contributed by atoms with van der Waals surface area (Å²) in [5, 5.41) is 6.22. The van der Waals surface area contributed by atoms with Crippen LogP contribution in [0, 0.1) is 0 Å². The molecule has 8 nitrogen and oxygen atoms in total. The van der Waals surface area contributed by atoms with Crippen LogP contribution in [0.25, 0.3) is 0 Å². The fraction of sp³-hybridized carbons (Fsp3) is 0.923. The molecule has 0 saturated heterocycles. The van der Waals surface area contributed by atoms with Crippen LogP contribution in [0.2, 0.25) is 0 Å². The lowest BCUT2D eigenvalue weighted by Gasteiger charge is -2.17. The molecule has 0 radical (unpaired) electrons. The second-order valence-corrected chi connectivity index (χ2v) is 9.73. The summed E-state index contributed by atoms with van der Waals surface area (Å²) in [6, 6.07) is -0.0267. The molecular formula is C13H31IN4O4S2. The van der Waals surface area contributed by atoms with Crippen LogP contribution in [0.4, 0.5) is 0 Å². The Hall–Kier alpha value is -0.140. The number of hydrogen-bond acceptors (Lipinski definition) is 5. The SMILES string of the molecule is CCNC(=NCCCNS(=O)(=O)CC)NC(C)CCS(C)(=O)=O.I. The molecule has 0 bridgehead atoms. The Bertz CT molecular complexity index is 565. The number of sulfonamides is 1. The number of sulfone groups is 1. The van der Waals surface area contributed by atoms with Gasteiger partial charge in [-0.15, -0.1) is 24.0 Å². The van der Waals surface area contributed by atoms with Crippen LogP contribution in [-0.2, 0) is 19.9 Å². The minimum atomic E-state index is -3.16. The summed E-state index contributed by atoms with van der Waals surface area (Å²) in [5.74, 6) is 0.796. The molecule has 0 aliphatic heterocycles. The molecule has 24 heavy (non-hydrogen) atoms. The topological polar surface area (TPSA) is 117 Å². The summed E-state index contributed by atoms with van der Waals surface area (Å²) >= 11 is 0. The molecule has 1 unspecified atom stereocenters. The first-order valence-electron chi connectivity index (χ1n) is 7.79. The Morgan fingerprint density at radius 2 is 1.79 bits per heavy atom. The third-order valence-corrected chi connectivity index (χ3v) is 5.34. The summed E-state index contributed by atoms with van der Waals surface area (Å²) in [5.41, 5.74) is 0. The lowest BCUT2D eigenvalue weighted by molar-refractivity contribution is 0.577. The Morgan fingerprint density at radius 3 is 2.29 bits per heavy atom. The summed E-state index contributed by atoms with van der Waals surface area (Å²) in [6.45, 7) is 6.93. The fourth-order valence-electron chi connectivity index (χ4n) is 1.62. The van der Waals surface area contributed by atoms with Crippen molar-refractivity contribution in [3.63, 3.8) is 0 Å². The van der Waals surface area contributed by atoms with E-state index < -0.39 is 19.9 Å². The zero-order chi connectivity index (χ0) is 17.9. The zero-order valence-corrected chi connectivity index (χ0v) is 18.8. The standard InChI is InChI=1S/C13H30N4O4S2.HI/c1-5-14-13(17-12(3)8-11-22(4,18)19)15-9-7-10-16-23(20,21)6-2;/h12,16H,5-11H2,1-4H3,(H2,14,15,17);1H. The van der Waals surface area contributed by atoms with E-state index in [1.165, 1.54) is 6.26 Å². The van der Waals surface area contributed by atoms with Gasteiger partial charge in [0.15, 0.2) is 5.96 Å². The van der Waals surface area contributed by atoms with Crippen molar-refractivity contribution in [2.45, 2.75) is 39.7 Å². The van der Waals surface area contributed by atoms with E-state index in [-0.39, 0.29) is 41.5 Å². The highest BCUT2D eigenvalue weighted by Crippen LogP contribution is 1.95. The number of hydrogen-bond donors (Lipinski definition) is 3. The minimum absolute atomic E-state index is 0. The second-order valence-electron chi connectivity index (χ2n) is 5.38. The van der Waals surface area contributed by atoms with E-state index in [0.717, 1.165) is 0 Å². The first-order chi connectivity index (χ1) is 10.6. The maximum Gasteiger partial charge on any atom is 0.211 e. The lowest BCUT2D eigenvalue weighted by Crippen LogP contribution is -2.43. The van der Waals surface area contributed by atoms with E-state index in [4.69, 9.17) is 0 Å². The highest BCUT2D eigenvalue weighted by molar-refractivity contribution is 14.0. The molecule has 1 atom stereocenters. The Balaban J connectivity index is 0. The predicted molar refractivity (Wildman–Crippen MR) is 110 cm³/mol. The van der Waals surface area contributed by atoms with Crippen molar-refractivity contribution in [3.8, 4) is 0 Å². The first kappa shape index (κ1) is 26.1. The van der Waals surface area contributed by atoms with E-state index in [1.54, 1.807) is 6.92 Å². The van der Waals surface area contributed by atoms with Crippen molar-refractivity contribution >= 4 is 49.8 Å². The van der Waals surface area contributed by atoms with Gasteiger partial charge in [-0.05, 0) is 33.6 Å². The van der Waals surface area contributed by atoms with Gasteiger partial charge in [0.05, 0.1) is 11.5 Å². The van der Waals surface area contributed by atoms with Crippen LogP contribution in [0.1, 0.15) is 33.6 Å². The molecule has 11 heteroatoms. The van der Waals surface area contributed by atoms with Crippen LogP contribution in [0.3, 0.4) is 0 Å². The van der Waals surface area contributed by atoms with Crippen LogP contribution in [0.5, 0.6) is 0 Å². The molecule has 0 amide bonds. The number of nitrogens with one attached hydrogen (secondary N) is 3. The van der Waals surface area contributed by atoms with Crippen LogP contribution in [0.15, 0.2) is 4.99 Å². The number of halogens is 1. The molecule has 3 N–H and O–H groups in total. The molecule has 0 aromatic carbocycles. The van der Waals surface area contributed by atoms with Crippen molar-refractivity contribution in [2.24, 2.45) is 4.99 Å². The molecule has 0 heterocycles. The van der Waals surface area contributed by atoms with Gasteiger partial charge in [0.25, 0.3) is 0 Å². The number of aliphatic imine (C=N–C) groups is 1. The molecule has 0 fully saturated rings. The van der Waals surface area contributed by atoms with Crippen molar-refractivity contribution < 1.29 is 16.8 Å². The summed E-state index contributed by atoms with van der Waals surface area (Å²) in [4.78, 5) is 4.35. The number of guanidine groups is 1. The summed E-state index contributed by atoms with van der Waals surface area (Å²) in [6.07, 6.45) is 2.31. The molecule has 146 valence electrons. The average molecular weight is 498 g/mol. The molecule has 0 aliphatic rings. The molecular weight excluding hydrogens is 467 g/mol. The Kier molecular flexibility index (Phi) is 14.3. The summed E-state index contributed by atoms with van der Waals surface area (Å²) in [7, 11) is -6.13. The average Bonchev–Trinajstić information content (AvgIpc) is 2.44. The Morgan fingerprint density at radius 1 is 1.17 bits per heavy atom. The quantitative estimate of drug-likeness (QED) is 0.164. The maximum absolute atomic E-state index is 11.3. The smallest absolute Gasteiger partial charge is 0.211 e. The van der Waals surface area contributed by atoms with Crippen molar-refractivity contribution in [1.29, 1.82) is 0 Å². The van der Waals surface area contributed by atoms with Crippen LogP contribution >= 0.6 is 24.0 Å². The molecule has 0 rings (SSSR count). The monoisotopic (exact) mass is 498 g/mol.